The van der Waals surface area contributed by atoms with E-state index in [1.165, 1.54) is 0 Å². The Hall–Kier alpha value is -1.36. The van der Waals surface area contributed by atoms with Crippen LogP contribution >= 0.6 is 0 Å². The van der Waals surface area contributed by atoms with E-state index in [1.54, 1.807) is 0 Å². The lowest BCUT2D eigenvalue weighted by atomic mass is 10.2. The van der Waals surface area contributed by atoms with E-state index in [1.807, 2.05) is 19.9 Å². The first-order valence-electron chi connectivity index (χ1n) is 6.56. The van der Waals surface area contributed by atoms with E-state index in [-0.39, 0.29) is 11.9 Å². The lowest BCUT2D eigenvalue weighted by Crippen LogP contribution is -2.42. The van der Waals surface area contributed by atoms with Gasteiger partial charge in [0.15, 0.2) is 0 Å². The molecular formula is C13H23N3O2. The molecular weight excluding hydrogens is 230 g/mol. The van der Waals surface area contributed by atoms with Gasteiger partial charge in [0, 0.05) is 19.2 Å². The van der Waals surface area contributed by atoms with Crippen molar-refractivity contribution in [3.05, 3.63) is 17.5 Å². The van der Waals surface area contributed by atoms with Gasteiger partial charge in [0.05, 0.1) is 11.7 Å². The van der Waals surface area contributed by atoms with Gasteiger partial charge in [-0.1, -0.05) is 24.9 Å². The smallest absolute Gasteiger partial charge is 0.236 e. The van der Waals surface area contributed by atoms with Crippen molar-refractivity contribution in [2.75, 3.05) is 6.54 Å². The number of nitrogens with one attached hydrogen (secondary N) is 2. The Morgan fingerprint density at radius 2 is 2.28 bits per heavy atom. The fourth-order valence-corrected chi connectivity index (χ4v) is 1.59. The molecule has 1 aromatic heterocycles. The Morgan fingerprint density at radius 3 is 2.89 bits per heavy atom. The summed E-state index contributed by atoms with van der Waals surface area (Å²) in [6, 6.07) is 1.64. The van der Waals surface area contributed by atoms with Crippen molar-refractivity contribution in [3.8, 4) is 0 Å². The molecule has 0 aromatic carbocycles. The van der Waals surface area contributed by atoms with Crippen molar-refractivity contribution in [1.29, 1.82) is 0 Å². The number of hydrogen-bond acceptors (Lipinski definition) is 4. The number of carbonyl (C=O) groups excluding carboxylic acids is 1. The van der Waals surface area contributed by atoms with Gasteiger partial charge in [0.2, 0.25) is 5.91 Å². The zero-order valence-electron chi connectivity index (χ0n) is 11.5. The lowest BCUT2D eigenvalue weighted by molar-refractivity contribution is -0.122. The monoisotopic (exact) mass is 253 g/mol. The first kappa shape index (κ1) is 14.7. The number of amides is 1. The van der Waals surface area contributed by atoms with Crippen molar-refractivity contribution in [3.63, 3.8) is 0 Å². The van der Waals surface area contributed by atoms with Crippen LogP contribution in [-0.2, 0) is 11.3 Å². The number of aryl methyl sites for hydroxylation is 1. The molecule has 1 amide bonds. The van der Waals surface area contributed by atoms with Gasteiger partial charge in [-0.2, -0.15) is 0 Å². The Morgan fingerprint density at radius 1 is 1.50 bits per heavy atom. The van der Waals surface area contributed by atoms with Crippen LogP contribution in [0.4, 0.5) is 0 Å². The highest BCUT2D eigenvalue weighted by atomic mass is 16.5. The normalized spacial score (nSPS) is 12.4. The molecule has 2 N–H and O–H groups in total. The third-order valence-corrected chi connectivity index (χ3v) is 2.74. The summed E-state index contributed by atoms with van der Waals surface area (Å²) in [4.78, 5) is 11.7. The number of nitrogens with zero attached hydrogens (tertiary/aromatic N) is 1. The molecule has 0 bridgehead atoms. The molecule has 0 radical (unpaired) electrons. The highest BCUT2D eigenvalue weighted by Gasteiger charge is 2.12. The minimum Gasteiger partial charge on any atom is -0.361 e. The number of rotatable bonds is 8. The fraction of sp³-hybridized carbons (Fsp3) is 0.692. The Bertz CT molecular complexity index is 363. The SMILES string of the molecule is CCCCCNC(=O)C(C)NCc1cc(C)on1. The van der Waals surface area contributed by atoms with Crippen LogP contribution in [0.3, 0.4) is 0 Å². The quantitative estimate of drug-likeness (QED) is 0.693. The molecule has 102 valence electrons. The molecule has 0 fully saturated rings. The van der Waals surface area contributed by atoms with Gasteiger partial charge in [-0.3, -0.25) is 4.79 Å². The highest BCUT2D eigenvalue weighted by molar-refractivity contribution is 5.81. The van der Waals surface area contributed by atoms with Crippen LogP contribution in [0.15, 0.2) is 10.6 Å². The third kappa shape index (κ3) is 5.31. The lowest BCUT2D eigenvalue weighted by Gasteiger charge is -2.12. The topological polar surface area (TPSA) is 67.2 Å². The second kappa shape index (κ2) is 7.87. The van der Waals surface area contributed by atoms with Gasteiger partial charge < -0.3 is 15.2 Å². The van der Waals surface area contributed by atoms with E-state index >= 15 is 0 Å². The Kier molecular flexibility index (Phi) is 6.43. The molecule has 0 saturated heterocycles. The maximum atomic E-state index is 11.7. The van der Waals surface area contributed by atoms with Gasteiger partial charge in [-0.15, -0.1) is 0 Å². The largest absolute Gasteiger partial charge is 0.361 e. The second-order valence-electron chi connectivity index (χ2n) is 4.53. The van der Waals surface area contributed by atoms with Crippen LogP contribution in [0.1, 0.15) is 44.6 Å². The predicted molar refractivity (Wildman–Crippen MR) is 70.1 cm³/mol. The summed E-state index contributed by atoms with van der Waals surface area (Å²) in [5.74, 6) is 0.815. The molecule has 0 aliphatic rings. The minimum atomic E-state index is -0.219. The van der Waals surface area contributed by atoms with Gasteiger partial charge in [-0.05, 0) is 20.3 Å². The zero-order valence-corrected chi connectivity index (χ0v) is 11.5. The molecule has 0 aliphatic heterocycles. The summed E-state index contributed by atoms with van der Waals surface area (Å²) >= 11 is 0. The predicted octanol–water partition coefficient (Wildman–Crippen LogP) is 1.77. The molecule has 1 unspecified atom stereocenters. The van der Waals surface area contributed by atoms with E-state index < -0.39 is 0 Å². The van der Waals surface area contributed by atoms with Crippen LogP contribution in [0.2, 0.25) is 0 Å². The van der Waals surface area contributed by atoms with E-state index in [2.05, 4.69) is 22.7 Å². The maximum Gasteiger partial charge on any atom is 0.236 e. The van der Waals surface area contributed by atoms with Crippen LogP contribution in [-0.4, -0.2) is 23.7 Å². The average molecular weight is 253 g/mol. The number of hydrogen-bond donors (Lipinski definition) is 2. The van der Waals surface area contributed by atoms with Crippen LogP contribution in [0.25, 0.3) is 0 Å². The zero-order chi connectivity index (χ0) is 13.4. The molecule has 1 heterocycles. The van der Waals surface area contributed by atoms with Crippen molar-refractivity contribution < 1.29 is 9.32 Å². The molecule has 1 atom stereocenters. The second-order valence-corrected chi connectivity index (χ2v) is 4.53. The molecule has 0 aliphatic carbocycles. The van der Waals surface area contributed by atoms with Crippen LogP contribution in [0.5, 0.6) is 0 Å². The van der Waals surface area contributed by atoms with Crippen LogP contribution in [0, 0.1) is 6.92 Å². The molecule has 5 nitrogen and oxygen atoms in total. The fourth-order valence-electron chi connectivity index (χ4n) is 1.59. The van der Waals surface area contributed by atoms with Crippen molar-refractivity contribution in [2.45, 2.75) is 52.6 Å². The van der Waals surface area contributed by atoms with Gasteiger partial charge in [0.1, 0.15) is 5.76 Å². The first-order valence-corrected chi connectivity index (χ1v) is 6.56. The molecule has 0 spiro atoms. The van der Waals surface area contributed by atoms with Crippen LogP contribution < -0.4 is 10.6 Å². The molecule has 0 saturated carbocycles. The van der Waals surface area contributed by atoms with Gasteiger partial charge in [0.25, 0.3) is 0 Å². The Labute approximate surface area is 108 Å². The molecule has 1 rings (SSSR count). The average Bonchev–Trinajstić information content (AvgIpc) is 2.77. The summed E-state index contributed by atoms with van der Waals surface area (Å²) in [6.45, 7) is 7.14. The highest BCUT2D eigenvalue weighted by Crippen LogP contribution is 2.01. The summed E-state index contributed by atoms with van der Waals surface area (Å²) < 4.78 is 4.96. The van der Waals surface area contributed by atoms with E-state index in [9.17, 15) is 4.79 Å². The number of aromatic nitrogens is 1. The van der Waals surface area contributed by atoms with Crippen molar-refractivity contribution in [1.82, 2.24) is 15.8 Å². The van der Waals surface area contributed by atoms with E-state index in [4.69, 9.17) is 4.52 Å². The van der Waals surface area contributed by atoms with E-state index in [0.717, 1.165) is 37.3 Å². The Balaban J connectivity index is 2.19. The molecule has 18 heavy (non-hydrogen) atoms. The standard InChI is InChI=1S/C13H23N3O2/c1-4-5-6-7-14-13(17)11(3)15-9-12-8-10(2)18-16-12/h8,11,15H,4-7,9H2,1-3H3,(H,14,17). The summed E-state index contributed by atoms with van der Waals surface area (Å²) in [5, 5.41) is 9.90. The molecule has 5 heteroatoms. The number of carbonyl (C=O) groups is 1. The summed E-state index contributed by atoms with van der Waals surface area (Å²) in [6.07, 6.45) is 3.35. The number of unbranched alkanes of at least 4 members (excludes halogenated alkanes) is 2. The van der Waals surface area contributed by atoms with Crippen molar-refractivity contribution >= 4 is 5.91 Å². The summed E-state index contributed by atoms with van der Waals surface area (Å²) in [7, 11) is 0. The van der Waals surface area contributed by atoms with Gasteiger partial charge in [-0.25, -0.2) is 0 Å². The summed E-state index contributed by atoms with van der Waals surface area (Å²) in [5.41, 5.74) is 0.818. The molecule has 1 aromatic rings. The third-order valence-electron chi connectivity index (χ3n) is 2.74. The van der Waals surface area contributed by atoms with E-state index in [0.29, 0.717) is 6.54 Å². The maximum absolute atomic E-state index is 11.7. The first-order chi connectivity index (χ1) is 8.63. The minimum absolute atomic E-state index is 0.0336. The van der Waals surface area contributed by atoms with Crippen molar-refractivity contribution in [2.24, 2.45) is 0 Å². The van der Waals surface area contributed by atoms with Gasteiger partial charge >= 0.3 is 0 Å².